The van der Waals surface area contributed by atoms with Crippen molar-refractivity contribution in [1.29, 1.82) is 0 Å². The highest BCUT2D eigenvalue weighted by molar-refractivity contribution is 5.78. The Bertz CT molecular complexity index is 254. The molecule has 1 aliphatic heterocycles. The minimum atomic E-state index is 0.214. The van der Waals surface area contributed by atoms with Gasteiger partial charge in [-0.1, -0.05) is 12.8 Å². The van der Waals surface area contributed by atoms with Crippen LogP contribution in [-0.4, -0.2) is 24.5 Å². The molecule has 3 aliphatic rings. The van der Waals surface area contributed by atoms with Gasteiger partial charge in [-0.25, -0.2) is 0 Å². The Hall–Kier alpha value is -0.570. The van der Waals surface area contributed by atoms with Crippen LogP contribution in [0.25, 0.3) is 0 Å². The summed E-state index contributed by atoms with van der Waals surface area (Å²) in [4.78, 5) is 11.0. The van der Waals surface area contributed by atoms with Crippen molar-refractivity contribution in [3.05, 3.63) is 0 Å². The number of hydrogen-bond donors (Lipinski definition) is 2. The van der Waals surface area contributed by atoms with Gasteiger partial charge in [0, 0.05) is 25.0 Å². The number of carbonyl (C=O) groups excluding carboxylic acids is 1. The number of hydrogen-bond acceptors (Lipinski definition) is 2. The van der Waals surface area contributed by atoms with Crippen LogP contribution < -0.4 is 10.6 Å². The molecule has 0 aromatic rings. The molecular weight excluding hydrogens is 176 g/mol. The monoisotopic (exact) mass is 194 g/mol. The van der Waals surface area contributed by atoms with E-state index in [4.69, 9.17) is 0 Å². The van der Waals surface area contributed by atoms with Crippen LogP contribution in [-0.2, 0) is 4.79 Å². The average molecular weight is 194 g/mol. The third kappa shape index (κ3) is 1.54. The fraction of sp³-hybridized carbons (Fsp3) is 0.909. The van der Waals surface area contributed by atoms with Crippen molar-refractivity contribution < 1.29 is 4.79 Å². The van der Waals surface area contributed by atoms with Gasteiger partial charge >= 0.3 is 0 Å². The van der Waals surface area contributed by atoms with E-state index >= 15 is 0 Å². The first kappa shape index (κ1) is 8.72. The molecule has 2 N–H and O–H groups in total. The number of rotatable bonds is 2. The Morgan fingerprint density at radius 2 is 2.29 bits per heavy atom. The lowest BCUT2D eigenvalue weighted by Gasteiger charge is -2.25. The van der Waals surface area contributed by atoms with Crippen LogP contribution in [0.1, 0.15) is 32.1 Å². The lowest BCUT2D eigenvalue weighted by atomic mass is 9.95. The molecule has 3 heteroatoms. The van der Waals surface area contributed by atoms with E-state index in [-0.39, 0.29) is 5.91 Å². The second-order valence-corrected chi connectivity index (χ2v) is 5.07. The summed E-state index contributed by atoms with van der Waals surface area (Å²) >= 11 is 0. The number of fused-ring (bicyclic) bond motifs is 1. The highest BCUT2D eigenvalue weighted by atomic mass is 16.1. The van der Waals surface area contributed by atoms with Crippen molar-refractivity contribution in [3.63, 3.8) is 0 Å². The van der Waals surface area contributed by atoms with Crippen molar-refractivity contribution in [2.45, 2.75) is 44.2 Å². The van der Waals surface area contributed by atoms with Crippen LogP contribution in [0, 0.1) is 11.8 Å². The zero-order valence-electron chi connectivity index (χ0n) is 8.46. The third-order valence-corrected chi connectivity index (χ3v) is 4.01. The second-order valence-electron chi connectivity index (χ2n) is 5.07. The fourth-order valence-corrected chi connectivity index (χ4v) is 3.14. The zero-order valence-corrected chi connectivity index (χ0v) is 8.46. The van der Waals surface area contributed by atoms with Crippen LogP contribution in [0.15, 0.2) is 0 Å². The molecule has 2 aliphatic carbocycles. The van der Waals surface area contributed by atoms with Crippen LogP contribution in [0.2, 0.25) is 0 Å². The average Bonchev–Trinajstić information content (AvgIpc) is 2.86. The van der Waals surface area contributed by atoms with Crippen LogP contribution in [0.5, 0.6) is 0 Å². The van der Waals surface area contributed by atoms with Crippen molar-refractivity contribution in [2.24, 2.45) is 11.8 Å². The highest BCUT2D eigenvalue weighted by Crippen LogP contribution is 2.49. The molecule has 3 nitrogen and oxygen atoms in total. The fourth-order valence-electron chi connectivity index (χ4n) is 3.14. The standard InChI is InChI=1S/C11H18N2O/c14-11-5-8(6-12-11)13-10-3-1-2-7-4-9(7)10/h7-10,13H,1-6H2,(H,12,14)/t7-,8?,9+,10?/m1/s1. The molecule has 4 atom stereocenters. The first-order chi connectivity index (χ1) is 6.83. The largest absolute Gasteiger partial charge is 0.354 e. The molecule has 3 fully saturated rings. The predicted molar refractivity (Wildman–Crippen MR) is 53.8 cm³/mol. The van der Waals surface area contributed by atoms with Crippen LogP contribution in [0.3, 0.4) is 0 Å². The first-order valence-corrected chi connectivity index (χ1v) is 5.85. The van der Waals surface area contributed by atoms with Crippen LogP contribution in [0.4, 0.5) is 0 Å². The summed E-state index contributed by atoms with van der Waals surface area (Å²) in [6.45, 7) is 0.840. The number of nitrogens with one attached hydrogen (secondary N) is 2. The number of amides is 1. The summed E-state index contributed by atoms with van der Waals surface area (Å²) in [5, 5.41) is 6.54. The smallest absolute Gasteiger partial charge is 0.221 e. The molecule has 0 aromatic carbocycles. The summed E-state index contributed by atoms with van der Waals surface area (Å²) in [6, 6.07) is 1.12. The van der Waals surface area contributed by atoms with Gasteiger partial charge in [0.05, 0.1) is 0 Å². The minimum absolute atomic E-state index is 0.214. The van der Waals surface area contributed by atoms with E-state index in [1.165, 1.54) is 25.7 Å². The Morgan fingerprint density at radius 1 is 1.36 bits per heavy atom. The molecule has 0 aromatic heterocycles. The molecule has 0 spiro atoms. The maximum absolute atomic E-state index is 11.0. The van der Waals surface area contributed by atoms with Crippen molar-refractivity contribution in [1.82, 2.24) is 10.6 Å². The first-order valence-electron chi connectivity index (χ1n) is 5.85. The lowest BCUT2D eigenvalue weighted by molar-refractivity contribution is -0.119. The summed E-state index contributed by atoms with van der Waals surface area (Å²) < 4.78 is 0. The highest BCUT2D eigenvalue weighted by Gasteiger charge is 2.45. The molecule has 78 valence electrons. The van der Waals surface area contributed by atoms with Gasteiger partial charge in [-0.05, 0) is 24.7 Å². The topological polar surface area (TPSA) is 41.1 Å². The molecule has 2 saturated carbocycles. The molecule has 14 heavy (non-hydrogen) atoms. The van der Waals surface area contributed by atoms with Gasteiger partial charge in [0.1, 0.15) is 0 Å². The Morgan fingerprint density at radius 3 is 3.07 bits per heavy atom. The van der Waals surface area contributed by atoms with Gasteiger partial charge in [-0.15, -0.1) is 0 Å². The van der Waals surface area contributed by atoms with Crippen LogP contribution >= 0.6 is 0 Å². The van der Waals surface area contributed by atoms with Crippen molar-refractivity contribution >= 4 is 5.91 Å². The second kappa shape index (κ2) is 3.23. The van der Waals surface area contributed by atoms with E-state index in [0.29, 0.717) is 18.5 Å². The quantitative estimate of drug-likeness (QED) is 0.678. The summed E-state index contributed by atoms with van der Waals surface area (Å²) in [5.74, 6) is 2.18. The molecule has 0 bridgehead atoms. The van der Waals surface area contributed by atoms with E-state index in [1.807, 2.05) is 0 Å². The normalized spacial score (nSPS) is 45.9. The van der Waals surface area contributed by atoms with Gasteiger partial charge < -0.3 is 10.6 Å². The Balaban J connectivity index is 1.54. The maximum Gasteiger partial charge on any atom is 0.221 e. The van der Waals surface area contributed by atoms with Gasteiger partial charge in [-0.2, -0.15) is 0 Å². The minimum Gasteiger partial charge on any atom is -0.354 e. The SMILES string of the molecule is O=C1CC(NC2CCC[C@@H]3C[C@H]23)CN1. The van der Waals surface area contributed by atoms with E-state index in [0.717, 1.165) is 18.4 Å². The molecule has 2 unspecified atom stereocenters. The van der Waals surface area contributed by atoms with Crippen molar-refractivity contribution in [3.8, 4) is 0 Å². The van der Waals surface area contributed by atoms with E-state index in [1.54, 1.807) is 0 Å². The Labute approximate surface area is 84.6 Å². The molecular formula is C11H18N2O. The number of carbonyl (C=O) groups is 1. The molecule has 1 saturated heterocycles. The zero-order chi connectivity index (χ0) is 9.54. The van der Waals surface area contributed by atoms with Crippen molar-refractivity contribution in [2.75, 3.05) is 6.54 Å². The molecule has 1 heterocycles. The summed E-state index contributed by atoms with van der Waals surface area (Å²) in [5.41, 5.74) is 0. The molecule has 0 radical (unpaired) electrons. The van der Waals surface area contributed by atoms with Gasteiger partial charge in [0.25, 0.3) is 0 Å². The molecule has 1 amide bonds. The third-order valence-electron chi connectivity index (χ3n) is 4.01. The van der Waals surface area contributed by atoms with Gasteiger partial charge in [0.15, 0.2) is 0 Å². The Kier molecular flexibility index (Phi) is 2.01. The maximum atomic E-state index is 11.0. The van der Waals surface area contributed by atoms with E-state index in [2.05, 4.69) is 10.6 Å². The summed E-state index contributed by atoms with van der Waals surface area (Å²) in [7, 11) is 0. The van der Waals surface area contributed by atoms with Gasteiger partial charge in [0.2, 0.25) is 5.91 Å². The molecule has 3 rings (SSSR count). The van der Waals surface area contributed by atoms with E-state index < -0.39 is 0 Å². The summed E-state index contributed by atoms with van der Waals surface area (Å²) in [6.07, 6.45) is 6.28. The predicted octanol–water partition coefficient (Wildman–Crippen LogP) is 0.653. The van der Waals surface area contributed by atoms with E-state index in [9.17, 15) is 4.79 Å². The lowest BCUT2D eigenvalue weighted by Crippen LogP contribution is -2.42. The van der Waals surface area contributed by atoms with Gasteiger partial charge in [-0.3, -0.25) is 4.79 Å².